The van der Waals surface area contributed by atoms with Gasteiger partial charge in [0.1, 0.15) is 5.82 Å². The Hall–Kier alpha value is -1.90. The maximum absolute atomic E-state index is 11.4. The number of anilines is 1. The summed E-state index contributed by atoms with van der Waals surface area (Å²) >= 11 is 0. The third-order valence-electron chi connectivity index (χ3n) is 3.15. The number of benzene rings is 1. The molecule has 0 radical (unpaired) electrons. The molecule has 1 N–H and O–H groups in total. The van der Waals surface area contributed by atoms with Gasteiger partial charge < -0.3 is 5.32 Å². The van der Waals surface area contributed by atoms with Crippen LogP contribution in [0.1, 0.15) is 39.7 Å². The van der Waals surface area contributed by atoms with Crippen molar-refractivity contribution in [2.24, 2.45) is 0 Å². The van der Waals surface area contributed by atoms with Gasteiger partial charge in [-0.3, -0.25) is 4.79 Å². The van der Waals surface area contributed by atoms with Crippen molar-refractivity contribution in [3.05, 3.63) is 35.9 Å². The number of hydrogen-bond donors (Lipinski definition) is 1. The van der Waals surface area contributed by atoms with Crippen molar-refractivity contribution in [1.29, 1.82) is 0 Å². The van der Waals surface area contributed by atoms with Gasteiger partial charge in [-0.2, -0.15) is 0 Å². The molecule has 0 saturated carbocycles. The number of nitrogens with zero attached hydrogens (tertiary/aromatic N) is 1. The summed E-state index contributed by atoms with van der Waals surface area (Å²) in [4.78, 5) is 15.9. The van der Waals surface area contributed by atoms with Crippen LogP contribution in [-0.2, 0) is 10.2 Å². The molecule has 0 aliphatic heterocycles. The second-order valence-electron chi connectivity index (χ2n) is 5.76. The molecule has 1 amide bonds. The largest absolute Gasteiger partial charge is 0.311 e. The summed E-state index contributed by atoms with van der Waals surface area (Å²) in [5, 5.41) is 3.88. The van der Waals surface area contributed by atoms with Crippen molar-refractivity contribution in [3.63, 3.8) is 0 Å². The molecule has 2 aromatic rings. The Bertz CT molecular complexity index is 612. The zero-order chi connectivity index (χ0) is 14.0. The van der Waals surface area contributed by atoms with Gasteiger partial charge >= 0.3 is 0 Å². The molecule has 3 heteroatoms. The summed E-state index contributed by atoms with van der Waals surface area (Å²) < 4.78 is 0. The number of carbonyl (C=O) groups excluding carboxylic acids is 1. The van der Waals surface area contributed by atoms with Crippen LogP contribution in [0.2, 0.25) is 0 Å². The number of amides is 1. The number of pyridine rings is 1. The Morgan fingerprint density at radius 1 is 1.21 bits per heavy atom. The zero-order valence-electron chi connectivity index (χ0n) is 11.9. The first kappa shape index (κ1) is 13.5. The second-order valence-corrected chi connectivity index (χ2v) is 5.76. The monoisotopic (exact) mass is 256 g/mol. The van der Waals surface area contributed by atoms with E-state index in [1.54, 1.807) is 0 Å². The molecule has 0 fully saturated rings. The van der Waals surface area contributed by atoms with Gasteiger partial charge in [-0.1, -0.05) is 39.8 Å². The molecule has 0 unspecified atom stereocenters. The third-order valence-corrected chi connectivity index (χ3v) is 3.15. The van der Waals surface area contributed by atoms with Gasteiger partial charge in [0.05, 0.1) is 5.52 Å². The summed E-state index contributed by atoms with van der Waals surface area (Å²) in [6.45, 7) is 8.36. The number of hydrogen-bond acceptors (Lipinski definition) is 2. The number of fused-ring (bicyclic) bond motifs is 1. The van der Waals surface area contributed by atoms with E-state index in [4.69, 9.17) is 0 Å². The van der Waals surface area contributed by atoms with Gasteiger partial charge in [0, 0.05) is 11.8 Å². The Labute approximate surface area is 114 Å². The Morgan fingerprint density at radius 2 is 1.89 bits per heavy atom. The normalized spacial score (nSPS) is 11.6. The van der Waals surface area contributed by atoms with E-state index in [-0.39, 0.29) is 11.3 Å². The lowest BCUT2D eigenvalue weighted by Crippen LogP contribution is -2.12. The molecule has 19 heavy (non-hydrogen) atoms. The van der Waals surface area contributed by atoms with Gasteiger partial charge in [0.15, 0.2) is 0 Å². The third kappa shape index (κ3) is 3.11. The first-order chi connectivity index (χ1) is 8.90. The van der Waals surface area contributed by atoms with E-state index in [9.17, 15) is 4.79 Å². The molecule has 1 heterocycles. The first-order valence-corrected chi connectivity index (χ1v) is 6.61. The van der Waals surface area contributed by atoms with Gasteiger partial charge in [0.25, 0.3) is 0 Å². The van der Waals surface area contributed by atoms with Gasteiger partial charge in [0.2, 0.25) is 5.91 Å². The highest BCUT2D eigenvalue weighted by atomic mass is 16.1. The maximum atomic E-state index is 11.4. The van der Waals surface area contributed by atoms with Crippen LogP contribution in [0.25, 0.3) is 10.9 Å². The average molecular weight is 256 g/mol. The number of aromatic nitrogens is 1. The molecule has 1 aromatic heterocycles. The minimum atomic E-state index is -0.0150. The predicted octanol–water partition coefficient (Wildman–Crippen LogP) is 3.88. The molecule has 0 saturated heterocycles. The Morgan fingerprint density at radius 3 is 2.53 bits per heavy atom. The summed E-state index contributed by atoms with van der Waals surface area (Å²) in [5.74, 6) is 0.601. The Kier molecular flexibility index (Phi) is 3.56. The molecule has 0 spiro atoms. The zero-order valence-corrected chi connectivity index (χ0v) is 11.9. The second kappa shape index (κ2) is 5.00. The highest BCUT2D eigenvalue weighted by Gasteiger charge is 2.14. The lowest BCUT2D eigenvalue weighted by atomic mass is 9.86. The fourth-order valence-corrected chi connectivity index (χ4v) is 1.88. The molecule has 100 valence electrons. The SMILES string of the molecule is CCC(=O)Nc1ccc2ccc(C(C)(C)C)cc2n1. The highest BCUT2D eigenvalue weighted by molar-refractivity contribution is 5.91. The van der Waals surface area contributed by atoms with Crippen molar-refractivity contribution < 1.29 is 4.79 Å². The summed E-state index contributed by atoms with van der Waals surface area (Å²) in [7, 11) is 0. The van der Waals surface area contributed by atoms with Crippen LogP contribution < -0.4 is 5.32 Å². The Balaban J connectivity index is 2.42. The quantitative estimate of drug-likeness (QED) is 0.886. The molecule has 0 aliphatic rings. The van der Waals surface area contributed by atoms with Gasteiger partial charge in [-0.05, 0) is 29.2 Å². The smallest absolute Gasteiger partial charge is 0.225 e. The van der Waals surface area contributed by atoms with Gasteiger partial charge in [-0.15, -0.1) is 0 Å². The topological polar surface area (TPSA) is 42.0 Å². The molecule has 0 bridgehead atoms. The van der Waals surface area contributed by atoms with Gasteiger partial charge in [-0.25, -0.2) is 4.98 Å². The first-order valence-electron chi connectivity index (χ1n) is 6.61. The van der Waals surface area contributed by atoms with E-state index in [2.05, 4.69) is 49.3 Å². The van der Waals surface area contributed by atoms with Crippen LogP contribution >= 0.6 is 0 Å². The lowest BCUT2D eigenvalue weighted by molar-refractivity contribution is -0.115. The predicted molar refractivity (Wildman–Crippen MR) is 79.4 cm³/mol. The summed E-state index contributed by atoms with van der Waals surface area (Å²) in [5.41, 5.74) is 2.26. The van der Waals surface area contributed by atoms with Crippen LogP contribution in [0.5, 0.6) is 0 Å². The average Bonchev–Trinajstić information content (AvgIpc) is 2.36. The number of rotatable bonds is 2. The molecular formula is C16H20N2O. The summed E-state index contributed by atoms with van der Waals surface area (Å²) in [6, 6.07) is 10.1. The van der Waals surface area contributed by atoms with E-state index in [0.717, 1.165) is 10.9 Å². The van der Waals surface area contributed by atoms with E-state index in [0.29, 0.717) is 12.2 Å². The van der Waals surface area contributed by atoms with Crippen molar-refractivity contribution in [2.45, 2.75) is 39.5 Å². The molecule has 0 atom stereocenters. The van der Waals surface area contributed by atoms with Crippen LogP contribution in [0.4, 0.5) is 5.82 Å². The molecule has 1 aromatic carbocycles. The van der Waals surface area contributed by atoms with Crippen LogP contribution in [0.3, 0.4) is 0 Å². The van der Waals surface area contributed by atoms with E-state index < -0.39 is 0 Å². The molecule has 3 nitrogen and oxygen atoms in total. The van der Waals surface area contributed by atoms with Crippen molar-refractivity contribution in [2.75, 3.05) is 5.32 Å². The molecule has 2 rings (SSSR count). The van der Waals surface area contributed by atoms with Crippen molar-refractivity contribution in [1.82, 2.24) is 4.98 Å². The van der Waals surface area contributed by atoms with Crippen LogP contribution in [0.15, 0.2) is 30.3 Å². The minimum Gasteiger partial charge on any atom is -0.311 e. The number of carbonyl (C=O) groups is 1. The maximum Gasteiger partial charge on any atom is 0.225 e. The van der Waals surface area contributed by atoms with E-state index in [1.807, 2.05) is 19.1 Å². The fraction of sp³-hybridized carbons (Fsp3) is 0.375. The highest BCUT2D eigenvalue weighted by Crippen LogP contribution is 2.26. The van der Waals surface area contributed by atoms with Crippen molar-refractivity contribution >= 4 is 22.6 Å². The standard InChI is InChI=1S/C16H20N2O/c1-5-15(19)18-14-9-7-11-6-8-12(16(2,3)4)10-13(11)17-14/h6-10H,5H2,1-4H3,(H,17,18,19). The molecular weight excluding hydrogens is 236 g/mol. The summed E-state index contributed by atoms with van der Waals surface area (Å²) in [6.07, 6.45) is 0.460. The fourth-order valence-electron chi connectivity index (χ4n) is 1.88. The lowest BCUT2D eigenvalue weighted by Gasteiger charge is -2.19. The molecule has 0 aliphatic carbocycles. The van der Waals surface area contributed by atoms with E-state index in [1.165, 1.54) is 5.56 Å². The van der Waals surface area contributed by atoms with E-state index >= 15 is 0 Å². The van der Waals surface area contributed by atoms with Crippen LogP contribution in [-0.4, -0.2) is 10.9 Å². The minimum absolute atomic E-state index is 0.0150. The van der Waals surface area contributed by atoms with Crippen molar-refractivity contribution in [3.8, 4) is 0 Å². The number of nitrogens with one attached hydrogen (secondary N) is 1. The van der Waals surface area contributed by atoms with Crippen LogP contribution in [0, 0.1) is 0 Å².